The molecule has 0 bridgehead atoms. The SMILES string of the molecule is O=C(O)/C=C/NC1CC(c2ccccc2)(c2ccccc2)C=CC1=O. The highest BCUT2D eigenvalue weighted by Crippen LogP contribution is 2.40. The highest BCUT2D eigenvalue weighted by atomic mass is 16.4. The van der Waals surface area contributed by atoms with E-state index in [2.05, 4.69) is 29.6 Å². The maximum absolute atomic E-state index is 12.3. The summed E-state index contributed by atoms with van der Waals surface area (Å²) in [6.07, 6.45) is 6.39. The van der Waals surface area contributed by atoms with E-state index in [-0.39, 0.29) is 5.78 Å². The molecule has 3 rings (SSSR count). The number of allylic oxidation sites excluding steroid dienone is 1. The third-order valence-corrected chi connectivity index (χ3v) is 4.50. The van der Waals surface area contributed by atoms with Gasteiger partial charge in [0.15, 0.2) is 5.78 Å². The van der Waals surface area contributed by atoms with Crippen molar-refractivity contribution in [2.45, 2.75) is 17.9 Å². The fraction of sp³-hybridized carbons (Fsp3) is 0.143. The Morgan fingerprint density at radius 3 is 2.12 bits per heavy atom. The molecule has 0 radical (unpaired) electrons. The first-order chi connectivity index (χ1) is 12.1. The van der Waals surface area contributed by atoms with E-state index >= 15 is 0 Å². The maximum Gasteiger partial charge on any atom is 0.329 e. The van der Waals surface area contributed by atoms with Gasteiger partial charge in [-0.15, -0.1) is 0 Å². The Balaban J connectivity index is 2.02. The van der Waals surface area contributed by atoms with Crippen LogP contribution in [0.4, 0.5) is 0 Å². The zero-order valence-electron chi connectivity index (χ0n) is 13.6. The number of ketones is 1. The van der Waals surface area contributed by atoms with Crippen LogP contribution < -0.4 is 5.32 Å². The van der Waals surface area contributed by atoms with Crippen molar-refractivity contribution in [2.75, 3.05) is 0 Å². The minimum atomic E-state index is -1.05. The molecule has 0 amide bonds. The zero-order chi connectivity index (χ0) is 17.7. The van der Waals surface area contributed by atoms with Gasteiger partial charge in [-0.2, -0.15) is 0 Å². The van der Waals surface area contributed by atoms with Crippen LogP contribution in [0.1, 0.15) is 17.5 Å². The van der Waals surface area contributed by atoms with Gasteiger partial charge in [0.05, 0.1) is 6.04 Å². The molecular weight excluding hydrogens is 314 g/mol. The third-order valence-electron chi connectivity index (χ3n) is 4.50. The van der Waals surface area contributed by atoms with Crippen molar-refractivity contribution in [3.63, 3.8) is 0 Å². The number of carboxylic acid groups (broad SMARTS) is 1. The fourth-order valence-corrected chi connectivity index (χ4v) is 3.27. The predicted octanol–water partition coefficient (Wildman–Crippen LogP) is 3.06. The highest BCUT2D eigenvalue weighted by molar-refractivity contribution is 5.96. The normalized spacial score (nSPS) is 19.0. The molecule has 1 aliphatic rings. The van der Waals surface area contributed by atoms with Crippen molar-refractivity contribution in [2.24, 2.45) is 0 Å². The van der Waals surface area contributed by atoms with Crippen molar-refractivity contribution in [1.29, 1.82) is 0 Å². The second-order valence-corrected chi connectivity index (χ2v) is 6.03. The molecule has 2 aromatic carbocycles. The van der Waals surface area contributed by atoms with Crippen LogP contribution in [0.25, 0.3) is 0 Å². The van der Waals surface area contributed by atoms with Crippen LogP contribution >= 0.6 is 0 Å². The quantitative estimate of drug-likeness (QED) is 0.825. The van der Waals surface area contributed by atoms with Gasteiger partial charge in [-0.3, -0.25) is 4.79 Å². The highest BCUT2D eigenvalue weighted by Gasteiger charge is 2.39. The minimum absolute atomic E-state index is 0.0578. The van der Waals surface area contributed by atoms with Crippen molar-refractivity contribution < 1.29 is 14.7 Å². The summed E-state index contributed by atoms with van der Waals surface area (Å²) in [7, 11) is 0. The second kappa shape index (κ2) is 7.18. The second-order valence-electron chi connectivity index (χ2n) is 6.03. The van der Waals surface area contributed by atoms with Gasteiger partial charge in [0.25, 0.3) is 0 Å². The van der Waals surface area contributed by atoms with E-state index in [0.29, 0.717) is 6.42 Å². The Morgan fingerprint density at radius 1 is 1.04 bits per heavy atom. The minimum Gasteiger partial charge on any atom is -0.478 e. The number of hydrogen-bond acceptors (Lipinski definition) is 3. The van der Waals surface area contributed by atoms with Crippen LogP contribution in [-0.4, -0.2) is 22.9 Å². The molecular formula is C21H19NO3. The molecule has 1 atom stereocenters. The van der Waals surface area contributed by atoms with Crippen molar-refractivity contribution in [3.05, 3.63) is 96.2 Å². The van der Waals surface area contributed by atoms with Gasteiger partial charge >= 0.3 is 5.97 Å². The maximum atomic E-state index is 12.3. The lowest BCUT2D eigenvalue weighted by Gasteiger charge is -2.37. The number of rotatable bonds is 5. The molecule has 0 saturated carbocycles. The predicted molar refractivity (Wildman–Crippen MR) is 96.1 cm³/mol. The number of nitrogens with one attached hydrogen (secondary N) is 1. The Bertz CT molecular complexity index is 770. The molecule has 1 aliphatic carbocycles. The van der Waals surface area contributed by atoms with E-state index in [9.17, 15) is 9.59 Å². The fourth-order valence-electron chi connectivity index (χ4n) is 3.27. The monoisotopic (exact) mass is 333 g/mol. The number of carbonyl (C=O) groups is 2. The summed E-state index contributed by atoms with van der Waals surface area (Å²) in [6, 6.07) is 19.6. The van der Waals surface area contributed by atoms with E-state index in [1.165, 1.54) is 6.20 Å². The number of benzene rings is 2. The Morgan fingerprint density at radius 2 is 1.60 bits per heavy atom. The smallest absolute Gasteiger partial charge is 0.329 e. The molecule has 0 fully saturated rings. The number of aliphatic carboxylic acids is 1. The molecule has 0 heterocycles. The van der Waals surface area contributed by atoms with E-state index in [4.69, 9.17) is 5.11 Å². The summed E-state index contributed by atoms with van der Waals surface area (Å²) < 4.78 is 0. The Hall–Kier alpha value is -3.14. The van der Waals surface area contributed by atoms with Gasteiger partial charge < -0.3 is 10.4 Å². The molecule has 0 saturated heterocycles. The number of hydrogen-bond donors (Lipinski definition) is 2. The molecule has 2 N–H and O–H groups in total. The van der Waals surface area contributed by atoms with Crippen molar-refractivity contribution >= 4 is 11.8 Å². The van der Waals surface area contributed by atoms with Crippen LogP contribution in [0.15, 0.2) is 85.1 Å². The summed E-state index contributed by atoms with van der Waals surface area (Å²) in [4.78, 5) is 23.0. The molecule has 126 valence electrons. The Kier molecular flexibility index (Phi) is 4.80. The first kappa shape index (κ1) is 16.7. The Labute approximate surface area is 146 Å². The van der Waals surface area contributed by atoms with Gasteiger partial charge in [-0.1, -0.05) is 66.7 Å². The van der Waals surface area contributed by atoms with Gasteiger partial charge in [0, 0.05) is 17.7 Å². The zero-order valence-corrected chi connectivity index (χ0v) is 13.6. The number of carbonyl (C=O) groups excluding carboxylic acids is 1. The first-order valence-electron chi connectivity index (χ1n) is 8.11. The van der Waals surface area contributed by atoms with Crippen LogP contribution in [0.5, 0.6) is 0 Å². The van der Waals surface area contributed by atoms with Crippen LogP contribution in [0.2, 0.25) is 0 Å². The van der Waals surface area contributed by atoms with Gasteiger partial charge in [-0.25, -0.2) is 4.79 Å². The average Bonchev–Trinajstić information content (AvgIpc) is 2.65. The van der Waals surface area contributed by atoms with Gasteiger partial charge in [0.1, 0.15) is 0 Å². The lowest BCUT2D eigenvalue weighted by atomic mass is 9.67. The lowest BCUT2D eigenvalue weighted by molar-refractivity contribution is -0.131. The van der Waals surface area contributed by atoms with Gasteiger partial charge in [0.2, 0.25) is 0 Å². The van der Waals surface area contributed by atoms with E-state index in [0.717, 1.165) is 17.2 Å². The van der Waals surface area contributed by atoms with E-state index in [1.807, 2.05) is 42.5 Å². The molecule has 1 unspecified atom stereocenters. The molecule has 0 spiro atoms. The van der Waals surface area contributed by atoms with Crippen LogP contribution in [-0.2, 0) is 15.0 Å². The van der Waals surface area contributed by atoms with Crippen molar-refractivity contribution in [3.8, 4) is 0 Å². The largest absolute Gasteiger partial charge is 0.478 e. The first-order valence-corrected chi connectivity index (χ1v) is 8.11. The topological polar surface area (TPSA) is 66.4 Å². The summed E-state index contributed by atoms with van der Waals surface area (Å²) in [5, 5.41) is 11.7. The number of carboxylic acids is 1. The third kappa shape index (κ3) is 3.53. The molecule has 4 nitrogen and oxygen atoms in total. The van der Waals surface area contributed by atoms with Crippen LogP contribution in [0, 0.1) is 0 Å². The van der Waals surface area contributed by atoms with E-state index in [1.54, 1.807) is 6.08 Å². The molecule has 4 heteroatoms. The lowest BCUT2D eigenvalue weighted by Crippen LogP contribution is -2.43. The summed E-state index contributed by atoms with van der Waals surface area (Å²) >= 11 is 0. The van der Waals surface area contributed by atoms with Gasteiger partial charge in [-0.05, 0) is 23.6 Å². The average molecular weight is 333 g/mol. The van der Waals surface area contributed by atoms with Crippen molar-refractivity contribution in [1.82, 2.24) is 5.32 Å². The molecule has 0 aliphatic heterocycles. The molecule has 25 heavy (non-hydrogen) atoms. The molecule has 2 aromatic rings. The summed E-state index contributed by atoms with van der Waals surface area (Å²) in [5.41, 5.74) is 1.75. The van der Waals surface area contributed by atoms with Crippen LogP contribution in [0.3, 0.4) is 0 Å². The van der Waals surface area contributed by atoms with E-state index < -0.39 is 17.4 Å². The summed E-state index contributed by atoms with van der Waals surface area (Å²) in [6.45, 7) is 0. The standard InChI is InChI=1S/C21H19NO3/c23-19-11-13-21(16-7-3-1-4-8-16,17-9-5-2-6-10-17)15-18(19)22-14-12-20(24)25/h1-14,18,22H,15H2,(H,24,25)/b14-12+. The summed E-state index contributed by atoms with van der Waals surface area (Å²) in [5.74, 6) is -1.11. The molecule has 0 aromatic heterocycles.